The second-order valence-corrected chi connectivity index (χ2v) is 5.59. The molecule has 0 aliphatic rings. The van der Waals surface area contributed by atoms with E-state index in [4.69, 9.17) is 15.2 Å². The zero-order valence-electron chi connectivity index (χ0n) is 10.2. The van der Waals surface area contributed by atoms with Crippen molar-refractivity contribution in [2.24, 2.45) is 5.73 Å². The van der Waals surface area contributed by atoms with E-state index < -0.39 is 9.84 Å². The molecular weight excluding hydrogens is 242 g/mol. The van der Waals surface area contributed by atoms with Crippen molar-refractivity contribution >= 4 is 9.84 Å². The average Bonchev–Trinajstić information content (AvgIpc) is 2.26. The molecule has 17 heavy (non-hydrogen) atoms. The van der Waals surface area contributed by atoms with E-state index in [1.165, 1.54) is 14.2 Å². The van der Waals surface area contributed by atoms with Crippen LogP contribution in [0.2, 0.25) is 0 Å². The van der Waals surface area contributed by atoms with Gasteiger partial charge in [0.25, 0.3) is 0 Å². The lowest BCUT2D eigenvalue weighted by Crippen LogP contribution is -2.07. The SMILES string of the molecule is COc1cc(CCN)cc(OC)c1S(C)(=O)=O. The number of rotatable bonds is 5. The van der Waals surface area contributed by atoms with Gasteiger partial charge in [0.1, 0.15) is 11.5 Å². The molecule has 1 aromatic rings. The molecule has 0 atom stereocenters. The Balaban J connectivity index is 3.47. The molecule has 0 aliphatic carbocycles. The number of hydrogen-bond donors (Lipinski definition) is 1. The second-order valence-electron chi connectivity index (χ2n) is 3.64. The van der Waals surface area contributed by atoms with Gasteiger partial charge in [-0.2, -0.15) is 0 Å². The highest BCUT2D eigenvalue weighted by atomic mass is 32.2. The third-order valence-corrected chi connectivity index (χ3v) is 3.47. The van der Waals surface area contributed by atoms with Crippen molar-refractivity contribution in [1.82, 2.24) is 0 Å². The van der Waals surface area contributed by atoms with Gasteiger partial charge in [0, 0.05) is 6.26 Å². The average molecular weight is 259 g/mol. The highest BCUT2D eigenvalue weighted by Crippen LogP contribution is 2.34. The quantitative estimate of drug-likeness (QED) is 0.838. The van der Waals surface area contributed by atoms with Gasteiger partial charge < -0.3 is 15.2 Å². The van der Waals surface area contributed by atoms with Crippen LogP contribution in [0.25, 0.3) is 0 Å². The number of ether oxygens (including phenoxy) is 2. The summed E-state index contributed by atoms with van der Waals surface area (Å²) in [5.41, 5.74) is 6.35. The van der Waals surface area contributed by atoms with Crippen molar-refractivity contribution in [3.8, 4) is 11.5 Å². The van der Waals surface area contributed by atoms with Gasteiger partial charge in [-0.15, -0.1) is 0 Å². The van der Waals surface area contributed by atoms with E-state index in [0.717, 1.165) is 11.8 Å². The standard InChI is InChI=1S/C11H17NO4S/c1-15-9-6-8(4-5-12)7-10(16-2)11(9)17(3,13)14/h6-7H,4-5,12H2,1-3H3. The Morgan fingerprint density at radius 3 is 1.94 bits per heavy atom. The van der Waals surface area contributed by atoms with E-state index in [2.05, 4.69) is 0 Å². The monoisotopic (exact) mass is 259 g/mol. The van der Waals surface area contributed by atoms with E-state index in [-0.39, 0.29) is 16.4 Å². The maximum Gasteiger partial charge on any atom is 0.182 e. The van der Waals surface area contributed by atoms with Gasteiger partial charge in [-0.25, -0.2) is 8.42 Å². The first-order valence-electron chi connectivity index (χ1n) is 5.09. The predicted molar refractivity (Wildman–Crippen MR) is 65.4 cm³/mol. The summed E-state index contributed by atoms with van der Waals surface area (Å²) in [4.78, 5) is 0.0725. The van der Waals surface area contributed by atoms with Crippen molar-refractivity contribution in [2.45, 2.75) is 11.3 Å². The summed E-state index contributed by atoms with van der Waals surface area (Å²) in [6.07, 6.45) is 1.76. The largest absolute Gasteiger partial charge is 0.495 e. The van der Waals surface area contributed by atoms with E-state index in [1.54, 1.807) is 12.1 Å². The third kappa shape index (κ3) is 3.10. The Kier molecular flexibility index (Phi) is 4.36. The predicted octanol–water partition coefficient (Wildman–Crippen LogP) is 0.609. The van der Waals surface area contributed by atoms with E-state index >= 15 is 0 Å². The van der Waals surface area contributed by atoms with Gasteiger partial charge in [0.15, 0.2) is 14.7 Å². The lowest BCUT2D eigenvalue weighted by atomic mass is 10.1. The highest BCUT2D eigenvalue weighted by Gasteiger charge is 2.21. The van der Waals surface area contributed by atoms with Crippen LogP contribution < -0.4 is 15.2 Å². The smallest absolute Gasteiger partial charge is 0.182 e. The fraction of sp³-hybridized carbons (Fsp3) is 0.455. The van der Waals surface area contributed by atoms with Crippen LogP contribution in [0.3, 0.4) is 0 Å². The minimum absolute atomic E-state index is 0.0725. The first-order valence-corrected chi connectivity index (χ1v) is 6.98. The normalized spacial score (nSPS) is 11.3. The van der Waals surface area contributed by atoms with Crippen molar-refractivity contribution in [3.63, 3.8) is 0 Å². The minimum Gasteiger partial charge on any atom is -0.495 e. The van der Waals surface area contributed by atoms with Gasteiger partial charge in [0.2, 0.25) is 0 Å². The molecule has 0 bridgehead atoms. The molecule has 0 saturated heterocycles. The molecule has 0 unspecified atom stereocenters. The summed E-state index contributed by atoms with van der Waals surface area (Å²) in [5.74, 6) is 0.575. The molecule has 6 heteroatoms. The number of sulfone groups is 1. The third-order valence-electron chi connectivity index (χ3n) is 2.32. The molecule has 0 amide bonds. The number of methoxy groups -OCH3 is 2. The topological polar surface area (TPSA) is 78.6 Å². The maximum absolute atomic E-state index is 11.7. The van der Waals surface area contributed by atoms with Crippen LogP contribution in [0.15, 0.2) is 17.0 Å². The van der Waals surface area contributed by atoms with Crippen LogP contribution in [0.1, 0.15) is 5.56 Å². The molecule has 1 rings (SSSR count). The maximum atomic E-state index is 11.7. The van der Waals surface area contributed by atoms with Crippen LogP contribution in [0, 0.1) is 0 Å². The number of nitrogens with two attached hydrogens (primary N) is 1. The molecule has 0 radical (unpaired) electrons. The molecule has 0 spiro atoms. The van der Waals surface area contributed by atoms with E-state index in [1.807, 2.05) is 0 Å². The Labute approximate surface area is 101 Å². The number of hydrogen-bond acceptors (Lipinski definition) is 5. The van der Waals surface area contributed by atoms with Crippen molar-refractivity contribution < 1.29 is 17.9 Å². The fourth-order valence-electron chi connectivity index (χ4n) is 1.61. The molecule has 0 fully saturated rings. The van der Waals surface area contributed by atoms with E-state index in [0.29, 0.717) is 13.0 Å². The molecule has 96 valence electrons. The van der Waals surface area contributed by atoms with Crippen LogP contribution >= 0.6 is 0 Å². The van der Waals surface area contributed by atoms with Crippen LogP contribution in [-0.2, 0) is 16.3 Å². The summed E-state index contributed by atoms with van der Waals surface area (Å²) < 4.78 is 33.6. The van der Waals surface area contributed by atoms with Gasteiger partial charge in [-0.3, -0.25) is 0 Å². The minimum atomic E-state index is -3.40. The van der Waals surface area contributed by atoms with Crippen LogP contribution in [0.5, 0.6) is 11.5 Å². The van der Waals surface area contributed by atoms with Crippen molar-refractivity contribution in [3.05, 3.63) is 17.7 Å². The second kappa shape index (κ2) is 5.37. The van der Waals surface area contributed by atoms with Gasteiger partial charge in [-0.05, 0) is 30.7 Å². The summed E-state index contributed by atoms with van der Waals surface area (Å²) >= 11 is 0. The Bertz CT molecular complexity index is 471. The molecular formula is C11H17NO4S. The van der Waals surface area contributed by atoms with Gasteiger partial charge in [-0.1, -0.05) is 0 Å². The summed E-state index contributed by atoms with van der Waals surface area (Å²) in [6.45, 7) is 0.477. The summed E-state index contributed by atoms with van der Waals surface area (Å²) in [5, 5.41) is 0. The zero-order chi connectivity index (χ0) is 13.1. The van der Waals surface area contributed by atoms with Gasteiger partial charge >= 0.3 is 0 Å². The Hall–Kier alpha value is -1.27. The first kappa shape index (κ1) is 13.8. The Morgan fingerprint density at radius 2 is 1.65 bits per heavy atom. The molecule has 0 heterocycles. The van der Waals surface area contributed by atoms with Gasteiger partial charge in [0.05, 0.1) is 14.2 Å². The zero-order valence-corrected chi connectivity index (χ0v) is 11.0. The highest BCUT2D eigenvalue weighted by molar-refractivity contribution is 7.91. The molecule has 5 nitrogen and oxygen atoms in total. The molecule has 0 aliphatic heterocycles. The fourth-order valence-corrected chi connectivity index (χ4v) is 2.63. The van der Waals surface area contributed by atoms with Crippen LogP contribution in [0.4, 0.5) is 0 Å². The Morgan fingerprint density at radius 1 is 1.18 bits per heavy atom. The summed E-state index contributed by atoms with van der Waals surface area (Å²) in [7, 11) is -0.549. The lowest BCUT2D eigenvalue weighted by molar-refractivity contribution is 0.372. The molecule has 0 saturated carbocycles. The first-order chi connectivity index (χ1) is 7.93. The van der Waals surface area contributed by atoms with E-state index in [9.17, 15) is 8.42 Å². The lowest BCUT2D eigenvalue weighted by Gasteiger charge is -2.13. The molecule has 2 N–H and O–H groups in total. The summed E-state index contributed by atoms with van der Waals surface area (Å²) in [6, 6.07) is 3.34. The number of benzene rings is 1. The van der Waals surface area contributed by atoms with Crippen molar-refractivity contribution in [1.29, 1.82) is 0 Å². The van der Waals surface area contributed by atoms with Crippen molar-refractivity contribution in [2.75, 3.05) is 27.0 Å². The molecule has 1 aromatic carbocycles. The van der Waals surface area contributed by atoms with Crippen LogP contribution in [-0.4, -0.2) is 35.4 Å². The molecule has 0 aromatic heterocycles.